The zero-order valence-corrected chi connectivity index (χ0v) is 12.3. The lowest BCUT2D eigenvalue weighted by Gasteiger charge is -2.05. The molecule has 0 amide bonds. The van der Waals surface area contributed by atoms with Gasteiger partial charge < -0.3 is 5.73 Å². The molecular formula is C11H12BrN3O2S. The molecule has 0 spiro atoms. The fourth-order valence-electron chi connectivity index (χ4n) is 1.64. The Balaban J connectivity index is 2.57. The Morgan fingerprint density at radius 1 is 1.39 bits per heavy atom. The fraction of sp³-hybridized carbons (Fsp3) is 0.182. The number of benzene rings is 1. The number of rotatable bonds is 2. The lowest BCUT2D eigenvalue weighted by molar-refractivity contribution is 0.601. The van der Waals surface area contributed by atoms with Gasteiger partial charge in [-0.2, -0.15) is 5.10 Å². The number of hydrogen-bond acceptors (Lipinski definition) is 4. The van der Waals surface area contributed by atoms with E-state index in [4.69, 9.17) is 5.73 Å². The van der Waals surface area contributed by atoms with E-state index in [-0.39, 0.29) is 4.90 Å². The van der Waals surface area contributed by atoms with E-state index >= 15 is 0 Å². The largest absolute Gasteiger partial charge is 0.383 e. The normalized spacial score (nSPS) is 11.7. The Morgan fingerprint density at radius 2 is 2.06 bits per heavy atom. The van der Waals surface area contributed by atoms with Gasteiger partial charge >= 0.3 is 0 Å². The molecule has 1 aromatic carbocycles. The van der Waals surface area contributed by atoms with Gasteiger partial charge in [0.2, 0.25) is 0 Å². The summed E-state index contributed by atoms with van der Waals surface area (Å²) in [6.45, 7) is 0. The number of aromatic nitrogens is 2. The van der Waals surface area contributed by atoms with Crippen molar-refractivity contribution < 1.29 is 8.42 Å². The van der Waals surface area contributed by atoms with Crippen LogP contribution in [0.4, 0.5) is 5.82 Å². The van der Waals surface area contributed by atoms with Crippen molar-refractivity contribution in [1.82, 2.24) is 9.78 Å². The zero-order chi connectivity index (χ0) is 13.5. The third-order valence-electron chi connectivity index (χ3n) is 2.63. The van der Waals surface area contributed by atoms with E-state index in [2.05, 4.69) is 21.0 Å². The Labute approximate surface area is 114 Å². The average molecular weight is 330 g/mol. The molecule has 2 rings (SSSR count). The van der Waals surface area contributed by atoms with Crippen molar-refractivity contribution in [1.29, 1.82) is 0 Å². The maximum Gasteiger partial charge on any atom is 0.176 e. The number of halogens is 1. The summed E-state index contributed by atoms with van der Waals surface area (Å²) in [4.78, 5) is 0.258. The monoisotopic (exact) mass is 329 g/mol. The molecule has 7 heteroatoms. The summed E-state index contributed by atoms with van der Waals surface area (Å²) in [5, 5.41) is 4.05. The first-order valence-corrected chi connectivity index (χ1v) is 7.76. The van der Waals surface area contributed by atoms with Crippen molar-refractivity contribution in [3.63, 3.8) is 0 Å². The highest BCUT2D eigenvalue weighted by Gasteiger charge is 2.14. The highest BCUT2D eigenvalue weighted by Crippen LogP contribution is 2.31. The second-order valence-electron chi connectivity index (χ2n) is 3.98. The van der Waals surface area contributed by atoms with E-state index in [0.717, 1.165) is 11.1 Å². The number of aryl methyl sites for hydroxylation is 1. The summed E-state index contributed by atoms with van der Waals surface area (Å²) in [6, 6.07) is 5.00. The van der Waals surface area contributed by atoms with Crippen LogP contribution in [0.5, 0.6) is 0 Å². The van der Waals surface area contributed by atoms with Gasteiger partial charge in [0, 0.05) is 23.3 Å². The molecule has 0 aliphatic carbocycles. The van der Waals surface area contributed by atoms with Crippen molar-refractivity contribution in [2.75, 3.05) is 12.0 Å². The van der Waals surface area contributed by atoms with Crippen molar-refractivity contribution in [3.8, 4) is 11.1 Å². The molecule has 0 aliphatic rings. The summed E-state index contributed by atoms with van der Waals surface area (Å²) < 4.78 is 25.1. The van der Waals surface area contributed by atoms with Gasteiger partial charge in [-0.3, -0.25) is 4.68 Å². The predicted octanol–water partition coefficient (Wildman–Crippen LogP) is 1.84. The smallest absolute Gasteiger partial charge is 0.176 e. The van der Waals surface area contributed by atoms with E-state index < -0.39 is 9.84 Å². The topological polar surface area (TPSA) is 78.0 Å². The van der Waals surface area contributed by atoms with Gasteiger partial charge in [-0.25, -0.2) is 8.42 Å². The third-order valence-corrected chi connectivity index (χ3v) is 4.70. The molecule has 0 saturated heterocycles. The number of sulfone groups is 1. The van der Waals surface area contributed by atoms with Crippen LogP contribution in [0.2, 0.25) is 0 Å². The van der Waals surface area contributed by atoms with Gasteiger partial charge in [0.25, 0.3) is 0 Å². The molecule has 0 atom stereocenters. The van der Waals surface area contributed by atoms with Gasteiger partial charge in [0.15, 0.2) is 9.84 Å². The van der Waals surface area contributed by atoms with Gasteiger partial charge in [0.05, 0.1) is 11.1 Å². The van der Waals surface area contributed by atoms with Crippen LogP contribution in [-0.4, -0.2) is 24.5 Å². The lowest BCUT2D eigenvalue weighted by Crippen LogP contribution is -1.99. The number of nitrogen functional groups attached to an aromatic ring is 1. The summed E-state index contributed by atoms with van der Waals surface area (Å²) in [5.74, 6) is 0.536. The number of hydrogen-bond donors (Lipinski definition) is 1. The molecule has 5 nitrogen and oxygen atoms in total. The predicted molar refractivity (Wildman–Crippen MR) is 73.9 cm³/mol. The molecule has 0 unspecified atom stereocenters. The van der Waals surface area contributed by atoms with Crippen LogP contribution in [0, 0.1) is 0 Å². The van der Waals surface area contributed by atoms with Crippen molar-refractivity contribution >= 4 is 31.6 Å². The minimum absolute atomic E-state index is 0.258. The van der Waals surface area contributed by atoms with Crippen molar-refractivity contribution in [3.05, 3.63) is 28.9 Å². The van der Waals surface area contributed by atoms with E-state index in [1.807, 2.05) is 0 Å². The van der Waals surface area contributed by atoms with Crippen LogP contribution in [0.1, 0.15) is 0 Å². The fourth-order valence-corrected chi connectivity index (χ4v) is 3.63. The average Bonchev–Trinajstić information content (AvgIpc) is 2.58. The van der Waals surface area contributed by atoms with E-state index in [1.54, 1.807) is 36.1 Å². The Kier molecular flexibility index (Phi) is 3.20. The van der Waals surface area contributed by atoms with E-state index in [9.17, 15) is 8.42 Å². The molecule has 0 bridgehead atoms. The number of anilines is 1. The third kappa shape index (κ3) is 2.28. The summed E-state index contributed by atoms with van der Waals surface area (Å²) >= 11 is 3.26. The second-order valence-corrected chi connectivity index (χ2v) is 6.82. The maximum absolute atomic E-state index is 11.5. The van der Waals surface area contributed by atoms with Gasteiger partial charge in [-0.1, -0.05) is 6.07 Å². The highest BCUT2D eigenvalue weighted by atomic mass is 79.9. The first-order chi connectivity index (χ1) is 8.30. The Bertz CT molecular complexity index is 707. The molecule has 96 valence electrons. The molecule has 0 fully saturated rings. The van der Waals surface area contributed by atoms with Crippen LogP contribution < -0.4 is 5.73 Å². The molecule has 18 heavy (non-hydrogen) atoms. The molecule has 1 aromatic heterocycles. The van der Waals surface area contributed by atoms with Crippen LogP contribution in [0.15, 0.2) is 33.8 Å². The van der Waals surface area contributed by atoms with Gasteiger partial charge in [-0.05, 0) is 33.6 Å². The summed E-state index contributed by atoms with van der Waals surface area (Å²) in [6.07, 6.45) is 2.82. The Hall–Kier alpha value is -1.34. The molecule has 2 aromatic rings. The molecule has 0 aliphatic heterocycles. The first kappa shape index (κ1) is 13.1. The van der Waals surface area contributed by atoms with Gasteiger partial charge in [-0.15, -0.1) is 0 Å². The van der Waals surface area contributed by atoms with Crippen LogP contribution >= 0.6 is 15.9 Å². The van der Waals surface area contributed by atoms with Gasteiger partial charge in [0.1, 0.15) is 5.82 Å². The summed E-state index contributed by atoms with van der Waals surface area (Å²) in [5.41, 5.74) is 7.47. The molecule has 2 N–H and O–H groups in total. The van der Waals surface area contributed by atoms with Crippen molar-refractivity contribution in [2.24, 2.45) is 7.05 Å². The first-order valence-electron chi connectivity index (χ1n) is 5.08. The molecule has 1 heterocycles. The number of nitrogens with two attached hydrogens (primary N) is 1. The second kappa shape index (κ2) is 4.40. The van der Waals surface area contributed by atoms with Crippen LogP contribution in [-0.2, 0) is 16.9 Å². The zero-order valence-electron chi connectivity index (χ0n) is 9.88. The van der Waals surface area contributed by atoms with Crippen LogP contribution in [0.25, 0.3) is 11.1 Å². The molecular weight excluding hydrogens is 318 g/mol. The minimum Gasteiger partial charge on any atom is -0.383 e. The highest BCUT2D eigenvalue weighted by molar-refractivity contribution is 9.10. The quantitative estimate of drug-likeness (QED) is 0.911. The van der Waals surface area contributed by atoms with E-state index in [0.29, 0.717) is 10.3 Å². The molecule has 0 saturated carbocycles. The standard InChI is InChI=1S/C11H12BrN3O2S/c1-15-11(13)8(6-14-15)7-3-4-10(9(12)5-7)18(2,16)17/h3-6H,13H2,1-2H3. The van der Waals surface area contributed by atoms with Crippen molar-refractivity contribution in [2.45, 2.75) is 4.90 Å². The van der Waals surface area contributed by atoms with Crippen LogP contribution in [0.3, 0.4) is 0 Å². The van der Waals surface area contributed by atoms with E-state index in [1.165, 1.54) is 6.26 Å². The minimum atomic E-state index is -3.24. The lowest BCUT2D eigenvalue weighted by atomic mass is 10.1. The maximum atomic E-state index is 11.5. The SMILES string of the molecule is Cn1ncc(-c2ccc(S(C)(=O)=O)c(Br)c2)c1N. The number of nitrogens with zero attached hydrogens (tertiary/aromatic N) is 2. The summed E-state index contributed by atoms with van der Waals surface area (Å²) in [7, 11) is -1.49. The Morgan fingerprint density at radius 3 is 2.50 bits per heavy atom. The molecule has 0 radical (unpaired) electrons.